The minimum absolute atomic E-state index is 0.264. The Labute approximate surface area is 197 Å². The first-order valence-electron chi connectivity index (χ1n) is 9.32. The summed E-state index contributed by atoms with van der Waals surface area (Å²) in [4.78, 5) is 36.2. The van der Waals surface area contributed by atoms with Gasteiger partial charge in [-0.05, 0) is 73.2 Å². The van der Waals surface area contributed by atoms with Gasteiger partial charge in [-0.25, -0.2) is 10.2 Å². The molecule has 0 spiro atoms. The van der Waals surface area contributed by atoms with Crippen LogP contribution in [0.5, 0.6) is 5.75 Å². The molecule has 32 heavy (non-hydrogen) atoms. The minimum atomic E-state index is -0.905. The first kappa shape index (κ1) is 23.2. The van der Waals surface area contributed by atoms with E-state index in [4.69, 9.17) is 16.3 Å². The van der Waals surface area contributed by atoms with Crippen molar-refractivity contribution in [1.29, 1.82) is 0 Å². The third kappa shape index (κ3) is 6.26. The van der Waals surface area contributed by atoms with E-state index in [0.717, 1.165) is 4.47 Å². The molecule has 3 aromatic rings. The van der Waals surface area contributed by atoms with Crippen LogP contribution in [0.1, 0.15) is 22.8 Å². The Bertz CT molecular complexity index is 1180. The second kappa shape index (κ2) is 10.7. The van der Waals surface area contributed by atoms with Gasteiger partial charge in [0.2, 0.25) is 0 Å². The number of esters is 1. The maximum absolute atomic E-state index is 12.2. The maximum atomic E-state index is 12.2. The molecule has 2 amide bonds. The largest absolute Gasteiger partial charge is 0.423 e. The highest BCUT2D eigenvalue weighted by Crippen LogP contribution is 2.19. The van der Waals surface area contributed by atoms with Gasteiger partial charge in [0, 0.05) is 10.2 Å². The highest BCUT2D eigenvalue weighted by atomic mass is 79.9. The van der Waals surface area contributed by atoms with E-state index in [1.165, 1.54) is 0 Å². The van der Waals surface area contributed by atoms with Crippen LogP contribution in [0.2, 0.25) is 5.02 Å². The Morgan fingerprint density at radius 2 is 1.56 bits per heavy atom. The lowest BCUT2D eigenvalue weighted by molar-refractivity contribution is -0.136. The van der Waals surface area contributed by atoms with E-state index in [2.05, 4.69) is 31.8 Å². The number of rotatable bonds is 5. The number of carbonyl (C=O) groups excluding carboxylic acids is 3. The molecule has 0 heterocycles. The van der Waals surface area contributed by atoms with Gasteiger partial charge in [0.05, 0.1) is 16.3 Å². The molecule has 3 aromatic carbocycles. The van der Waals surface area contributed by atoms with Crippen molar-refractivity contribution in [3.63, 3.8) is 0 Å². The van der Waals surface area contributed by atoms with Gasteiger partial charge in [-0.2, -0.15) is 5.10 Å². The molecular formula is C23H17BrClN3O4. The topological polar surface area (TPSA) is 96.9 Å². The second-order valence-corrected chi connectivity index (χ2v) is 7.82. The SMILES string of the molecule is C/C(=N\NC(=O)C(=O)Nc1ccc(Br)cc1)c1ccc(OC(=O)c2ccccc2Cl)cc1. The molecule has 2 N–H and O–H groups in total. The highest BCUT2D eigenvalue weighted by Gasteiger charge is 2.14. The Morgan fingerprint density at radius 1 is 0.906 bits per heavy atom. The molecule has 0 saturated heterocycles. The summed E-state index contributed by atoms with van der Waals surface area (Å²) in [5.41, 5.74) is 4.08. The van der Waals surface area contributed by atoms with Gasteiger partial charge in [0.1, 0.15) is 5.75 Å². The number of hydrogen-bond acceptors (Lipinski definition) is 5. The molecule has 162 valence electrons. The van der Waals surface area contributed by atoms with Crippen LogP contribution in [0.25, 0.3) is 0 Å². The van der Waals surface area contributed by atoms with Crippen molar-refractivity contribution in [3.05, 3.63) is 93.4 Å². The lowest BCUT2D eigenvalue weighted by Crippen LogP contribution is -2.32. The molecular weight excluding hydrogens is 498 g/mol. The zero-order chi connectivity index (χ0) is 23.1. The molecule has 0 aliphatic heterocycles. The van der Waals surface area contributed by atoms with Crippen LogP contribution in [0.3, 0.4) is 0 Å². The summed E-state index contributed by atoms with van der Waals surface area (Å²) in [6.07, 6.45) is 0. The molecule has 0 saturated carbocycles. The van der Waals surface area contributed by atoms with Crippen LogP contribution in [0.4, 0.5) is 5.69 Å². The minimum Gasteiger partial charge on any atom is -0.423 e. The lowest BCUT2D eigenvalue weighted by atomic mass is 10.1. The van der Waals surface area contributed by atoms with Gasteiger partial charge in [-0.3, -0.25) is 9.59 Å². The van der Waals surface area contributed by atoms with Crippen molar-refractivity contribution in [2.75, 3.05) is 5.32 Å². The summed E-state index contributed by atoms with van der Waals surface area (Å²) in [6, 6.07) is 19.9. The Hall–Kier alpha value is -3.49. The monoisotopic (exact) mass is 513 g/mol. The predicted octanol–water partition coefficient (Wildman–Crippen LogP) is 4.80. The number of hydrazone groups is 1. The summed E-state index contributed by atoms with van der Waals surface area (Å²) >= 11 is 9.30. The fraction of sp³-hybridized carbons (Fsp3) is 0.0435. The highest BCUT2D eigenvalue weighted by molar-refractivity contribution is 9.10. The molecule has 0 bridgehead atoms. The predicted molar refractivity (Wildman–Crippen MR) is 126 cm³/mol. The van der Waals surface area contributed by atoms with Gasteiger partial charge >= 0.3 is 17.8 Å². The van der Waals surface area contributed by atoms with Crippen LogP contribution >= 0.6 is 27.5 Å². The molecule has 0 atom stereocenters. The number of benzene rings is 3. The van der Waals surface area contributed by atoms with Crippen molar-refractivity contribution < 1.29 is 19.1 Å². The average Bonchev–Trinajstić information content (AvgIpc) is 2.79. The third-order valence-electron chi connectivity index (χ3n) is 4.21. The first-order chi connectivity index (χ1) is 15.3. The first-order valence-corrected chi connectivity index (χ1v) is 10.5. The number of halogens is 2. The fourth-order valence-corrected chi connectivity index (χ4v) is 3.00. The lowest BCUT2D eigenvalue weighted by Gasteiger charge is -2.07. The number of anilines is 1. The summed E-state index contributed by atoms with van der Waals surface area (Å²) < 4.78 is 6.17. The Kier molecular flexibility index (Phi) is 7.75. The van der Waals surface area contributed by atoms with E-state index in [0.29, 0.717) is 27.7 Å². The van der Waals surface area contributed by atoms with Crippen LogP contribution in [0.15, 0.2) is 82.4 Å². The number of nitrogens with zero attached hydrogens (tertiary/aromatic N) is 1. The zero-order valence-corrected chi connectivity index (χ0v) is 19.1. The van der Waals surface area contributed by atoms with E-state index < -0.39 is 17.8 Å². The van der Waals surface area contributed by atoms with Gasteiger partial charge in [0.25, 0.3) is 0 Å². The van der Waals surface area contributed by atoms with Crippen LogP contribution in [-0.4, -0.2) is 23.5 Å². The van der Waals surface area contributed by atoms with Crippen molar-refractivity contribution in [2.24, 2.45) is 5.10 Å². The van der Waals surface area contributed by atoms with Gasteiger partial charge in [-0.1, -0.05) is 39.7 Å². The second-order valence-electron chi connectivity index (χ2n) is 6.49. The quantitative estimate of drug-likeness (QED) is 0.168. The summed E-state index contributed by atoms with van der Waals surface area (Å²) in [5, 5.41) is 6.72. The molecule has 9 heteroatoms. The Balaban J connectivity index is 1.57. The van der Waals surface area contributed by atoms with Crippen molar-refractivity contribution in [1.82, 2.24) is 5.43 Å². The molecule has 0 fully saturated rings. The Morgan fingerprint density at radius 3 is 2.22 bits per heavy atom. The van der Waals surface area contributed by atoms with E-state index in [-0.39, 0.29) is 5.56 Å². The number of nitrogens with one attached hydrogen (secondary N) is 2. The van der Waals surface area contributed by atoms with Crippen LogP contribution in [0, 0.1) is 0 Å². The zero-order valence-electron chi connectivity index (χ0n) is 16.8. The number of hydrogen-bond donors (Lipinski definition) is 2. The number of ether oxygens (including phenoxy) is 1. The van der Waals surface area contributed by atoms with Crippen molar-refractivity contribution >= 4 is 56.7 Å². The number of carbonyl (C=O) groups is 3. The van der Waals surface area contributed by atoms with E-state index in [1.54, 1.807) is 79.7 Å². The van der Waals surface area contributed by atoms with E-state index >= 15 is 0 Å². The standard InChI is InChI=1S/C23H17BrClN3O4/c1-14(27-28-22(30)21(29)26-17-10-8-16(24)9-11-17)15-6-12-18(13-7-15)32-23(31)19-4-2-3-5-20(19)25/h2-13H,1H3,(H,26,29)(H,28,30)/b27-14+. The summed E-state index contributed by atoms with van der Waals surface area (Å²) in [6.45, 7) is 1.66. The molecule has 0 aliphatic carbocycles. The van der Waals surface area contributed by atoms with Gasteiger partial charge in [0.15, 0.2) is 0 Å². The van der Waals surface area contributed by atoms with Crippen molar-refractivity contribution in [2.45, 2.75) is 6.92 Å². The number of amides is 2. The summed E-state index contributed by atoms with van der Waals surface area (Å²) in [5.74, 6) is -1.99. The smallest absolute Gasteiger partial charge is 0.345 e. The molecule has 0 aromatic heterocycles. The van der Waals surface area contributed by atoms with Crippen LogP contribution < -0.4 is 15.5 Å². The molecule has 0 radical (unpaired) electrons. The van der Waals surface area contributed by atoms with E-state index in [1.807, 2.05) is 0 Å². The summed E-state index contributed by atoms with van der Waals surface area (Å²) in [7, 11) is 0. The fourth-order valence-electron chi connectivity index (χ4n) is 2.52. The average molecular weight is 515 g/mol. The van der Waals surface area contributed by atoms with E-state index in [9.17, 15) is 14.4 Å². The van der Waals surface area contributed by atoms with Crippen LogP contribution in [-0.2, 0) is 9.59 Å². The molecule has 7 nitrogen and oxygen atoms in total. The van der Waals surface area contributed by atoms with Crippen molar-refractivity contribution in [3.8, 4) is 5.75 Å². The van der Waals surface area contributed by atoms with Gasteiger partial charge in [-0.15, -0.1) is 0 Å². The molecule has 0 unspecified atom stereocenters. The molecule has 3 rings (SSSR count). The molecule has 0 aliphatic rings. The maximum Gasteiger partial charge on any atom is 0.345 e. The normalized spacial score (nSPS) is 10.9. The third-order valence-corrected chi connectivity index (χ3v) is 5.07. The van der Waals surface area contributed by atoms with Gasteiger partial charge < -0.3 is 10.1 Å².